The van der Waals surface area contributed by atoms with Gasteiger partial charge in [-0.1, -0.05) is 17.7 Å². The maximum atomic E-state index is 12.1. The highest BCUT2D eigenvalue weighted by molar-refractivity contribution is 7.86. The summed E-state index contributed by atoms with van der Waals surface area (Å²) in [5.74, 6) is -2.40. The van der Waals surface area contributed by atoms with E-state index >= 15 is 0 Å². The number of carbonyl (C=O) groups excluding carboxylic acids is 1. The van der Waals surface area contributed by atoms with Gasteiger partial charge >= 0.3 is 0 Å². The summed E-state index contributed by atoms with van der Waals surface area (Å²) in [5, 5.41) is 29.4. The van der Waals surface area contributed by atoms with Crippen LogP contribution in [0.15, 0.2) is 34.2 Å². The summed E-state index contributed by atoms with van der Waals surface area (Å²) in [6.07, 6.45) is -3.92. The molecule has 1 aromatic carbocycles. The van der Waals surface area contributed by atoms with Gasteiger partial charge in [0.25, 0.3) is 16.0 Å². The lowest BCUT2D eigenvalue weighted by Gasteiger charge is -2.38. The first-order chi connectivity index (χ1) is 11.2. The van der Waals surface area contributed by atoms with Gasteiger partial charge in [0.1, 0.15) is 12.2 Å². The Morgan fingerprint density at radius 1 is 1.38 bits per heavy atom. The molecule has 0 aromatic heterocycles. The Morgan fingerprint density at radius 2 is 2.00 bits per heavy atom. The van der Waals surface area contributed by atoms with Crippen molar-refractivity contribution in [2.24, 2.45) is 4.99 Å². The van der Waals surface area contributed by atoms with E-state index in [4.69, 9.17) is 8.92 Å². The van der Waals surface area contributed by atoms with Gasteiger partial charge in [0.2, 0.25) is 6.08 Å². The first-order valence-electron chi connectivity index (χ1n) is 6.98. The molecule has 1 aromatic rings. The first kappa shape index (κ1) is 18.7. The van der Waals surface area contributed by atoms with Gasteiger partial charge in [-0.25, -0.2) is 4.79 Å². The van der Waals surface area contributed by atoms with Crippen LogP contribution in [0.3, 0.4) is 0 Å². The SMILES string of the molecule is Cc1ccc(S(=O)(=O)OC[C@H]2O[C@@](O)(N=C=O)C[C@@H](O)[C@@H]2O)cc1. The molecule has 2 rings (SSSR count). The van der Waals surface area contributed by atoms with E-state index in [1.165, 1.54) is 12.1 Å². The minimum Gasteiger partial charge on any atom is -0.390 e. The molecule has 0 radical (unpaired) electrons. The highest BCUT2D eigenvalue weighted by Crippen LogP contribution is 2.29. The van der Waals surface area contributed by atoms with E-state index in [1.54, 1.807) is 19.1 Å². The van der Waals surface area contributed by atoms with Crippen LogP contribution in [0.4, 0.5) is 0 Å². The normalized spacial score (nSPS) is 30.6. The average molecular weight is 359 g/mol. The van der Waals surface area contributed by atoms with E-state index in [-0.39, 0.29) is 4.90 Å². The second-order valence-corrected chi connectivity index (χ2v) is 7.03. The zero-order valence-corrected chi connectivity index (χ0v) is 13.5. The van der Waals surface area contributed by atoms with Crippen LogP contribution in [0.2, 0.25) is 0 Å². The van der Waals surface area contributed by atoms with Crippen LogP contribution in [0.5, 0.6) is 0 Å². The van der Waals surface area contributed by atoms with Crippen LogP contribution >= 0.6 is 0 Å². The molecule has 9 nitrogen and oxygen atoms in total. The highest BCUT2D eigenvalue weighted by atomic mass is 32.2. The molecule has 3 N–H and O–H groups in total. The Bertz CT molecular complexity index is 728. The van der Waals surface area contributed by atoms with E-state index in [1.807, 2.05) is 0 Å². The number of aliphatic imine (C=N–C) groups is 1. The molecular formula is C14H17NO8S. The third kappa shape index (κ3) is 4.25. The van der Waals surface area contributed by atoms with E-state index in [0.29, 0.717) is 0 Å². The number of aliphatic hydroxyl groups excluding tert-OH is 2. The van der Waals surface area contributed by atoms with Crippen molar-refractivity contribution in [3.8, 4) is 0 Å². The molecule has 1 heterocycles. The fourth-order valence-corrected chi connectivity index (χ4v) is 3.13. The van der Waals surface area contributed by atoms with E-state index in [9.17, 15) is 28.5 Å². The van der Waals surface area contributed by atoms with Crippen molar-refractivity contribution in [2.75, 3.05) is 6.61 Å². The number of nitrogens with zero attached hydrogens (tertiary/aromatic N) is 1. The molecule has 0 saturated carbocycles. The first-order valence-corrected chi connectivity index (χ1v) is 8.39. The molecule has 0 amide bonds. The number of aryl methyl sites for hydroxylation is 1. The van der Waals surface area contributed by atoms with Crippen molar-refractivity contribution in [1.82, 2.24) is 0 Å². The summed E-state index contributed by atoms with van der Waals surface area (Å²) in [4.78, 5) is 13.2. The molecule has 0 spiro atoms. The molecule has 1 aliphatic heterocycles. The average Bonchev–Trinajstić information content (AvgIpc) is 2.50. The summed E-state index contributed by atoms with van der Waals surface area (Å²) in [6.45, 7) is 1.10. The van der Waals surface area contributed by atoms with Crippen molar-refractivity contribution in [1.29, 1.82) is 0 Å². The number of isocyanates is 1. The zero-order valence-electron chi connectivity index (χ0n) is 12.7. The smallest absolute Gasteiger partial charge is 0.297 e. The Hall–Kier alpha value is -1.65. The van der Waals surface area contributed by atoms with Crippen LogP contribution in [0.25, 0.3) is 0 Å². The van der Waals surface area contributed by atoms with Crippen molar-refractivity contribution >= 4 is 16.2 Å². The van der Waals surface area contributed by atoms with Gasteiger partial charge in [-0.05, 0) is 19.1 Å². The van der Waals surface area contributed by atoms with Crippen LogP contribution in [-0.2, 0) is 23.8 Å². The van der Waals surface area contributed by atoms with Gasteiger partial charge in [-0.15, -0.1) is 4.99 Å². The number of hydrogen-bond donors (Lipinski definition) is 3. The lowest BCUT2D eigenvalue weighted by molar-refractivity contribution is -0.299. The molecule has 0 bridgehead atoms. The van der Waals surface area contributed by atoms with Crippen LogP contribution in [0, 0.1) is 6.92 Å². The number of aliphatic hydroxyl groups is 3. The van der Waals surface area contributed by atoms with Crippen molar-refractivity contribution in [3.05, 3.63) is 29.8 Å². The van der Waals surface area contributed by atoms with Crippen molar-refractivity contribution in [3.63, 3.8) is 0 Å². The van der Waals surface area contributed by atoms with Gasteiger partial charge < -0.3 is 20.1 Å². The fourth-order valence-electron chi connectivity index (χ4n) is 2.21. The summed E-state index contributed by atoms with van der Waals surface area (Å²) >= 11 is 0. The van der Waals surface area contributed by atoms with Crippen LogP contribution in [-0.4, -0.2) is 60.6 Å². The molecule has 1 fully saturated rings. The van der Waals surface area contributed by atoms with Crippen LogP contribution in [0.1, 0.15) is 12.0 Å². The lowest BCUT2D eigenvalue weighted by atomic mass is 10.00. The monoisotopic (exact) mass is 359 g/mol. The third-order valence-electron chi connectivity index (χ3n) is 3.51. The molecule has 132 valence electrons. The molecule has 1 saturated heterocycles. The largest absolute Gasteiger partial charge is 0.390 e. The predicted octanol–water partition coefficient (Wildman–Crippen LogP) is -0.807. The van der Waals surface area contributed by atoms with Gasteiger partial charge in [0.15, 0.2) is 0 Å². The molecule has 0 unspecified atom stereocenters. The predicted molar refractivity (Wildman–Crippen MR) is 78.9 cm³/mol. The highest BCUT2D eigenvalue weighted by Gasteiger charge is 2.46. The van der Waals surface area contributed by atoms with Gasteiger partial charge in [-0.2, -0.15) is 8.42 Å². The lowest BCUT2D eigenvalue weighted by Crippen LogP contribution is -2.55. The Kier molecular flexibility index (Phi) is 5.51. The Morgan fingerprint density at radius 3 is 2.58 bits per heavy atom. The molecule has 0 aliphatic carbocycles. The summed E-state index contributed by atoms with van der Waals surface area (Å²) < 4.78 is 34.0. The third-order valence-corrected chi connectivity index (χ3v) is 4.80. The van der Waals surface area contributed by atoms with Gasteiger partial charge in [0, 0.05) is 0 Å². The second-order valence-electron chi connectivity index (χ2n) is 5.42. The molecule has 1 aliphatic rings. The van der Waals surface area contributed by atoms with E-state index in [0.717, 1.165) is 11.6 Å². The number of benzene rings is 1. The molecular weight excluding hydrogens is 342 g/mol. The van der Waals surface area contributed by atoms with Gasteiger partial charge in [0.05, 0.1) is 24.0 Å². The maximum absolute atomic E-state index is 12.1. The Balaban J connectivity index is 2.11. The van der Waals surface area contributed by atoms with Gasteiger partial charge in [-0.3, -0.25) is 4.18 Å². The second kappa shape index (κ2) is 7.08. The molecule has 4 atom stereocenters. The van der Waals surface area contributed by atoms with Crippen molar-refractivity contribution in [2.45, 2.75) is 42.5 Å². The Labute approximate surface area is 138 Å². The summed E-state index contributed by atoms with van der Waals surface area (Å²) in [7, 11) is -4.13. The maximum Gasteiger partial charge on any atom is 0.297 e. The quantitative estimate of drug-likeness (QED) is 0.352. The number of ether oxygens (including phenoxy) is 1. The standard InChI is InChI=1S/C14H17NO8S/c1-9-2-4-10(5-3-9)24(20,21)22-7-12-13(18)11(17)6-14(19,23-12)15-8-16/h2-5,11-13,17-19H,6-7H2,1H3/t11-,12-,13+,14-/m1/s1. The van der Waals surface area contributed by atoms with Crippen LogP contribution < -0.4 is 0 Å². The number of hydrogen-bond acceptors (Lipinski definition) is 9. The summed E-state index contributed by atoms with van der Waals surface area (Å²) in [5.41, 5.74) is 0.861. The number of rotatable bonds is 5. The summed E-state index contributed by atoms with van der Waals surface area (Å²) in [6, 6.07) is 5.88. The molecule has 10 heteroatoms. The minimum atomic E-state index is -4.13. The molecule has 24 heavy (non-hydrogen) atoms. The van der Waals surface area contributed by atoms with Crippen molar-refractivity contribution < 1.29 is 37.5 Å². The van der Waals surface area contributed by atoms with E-state index in [2.05, 4.69) is 4.99 Å². The fraction of sp³-hybridized carbons (Fsp3) is 0.500. The topological polar surface area (TPSA) is 143 Å². The minimum absolute atomic E-state index is 0.0971. The zero-order chi connectivity index (χ0) is 18.0. The van der Waals surface area contributed by atoms with E-state index < -0.39 is 47.4 Å².